The molecule has 3 rings (SSSR count). The Kier molecular flexibility index (Phi) is 5.04. The van der Waals surface area contributed by atoms with E-state index in [-0.39, 0.29) is 0 Å². The first kappa shape index (κ1) is 14.8. The Labute approximate surface area is 125 Å². The van der Waals surface area contributed by atoms with Gasteiger partial charge < -0.3 is 10.2 Å². The van der Waals surface area contributed by atoms with Crippen molar-refractivity contribution in [1.29, 1.82) is 0 Å². The average molecular weight is 278 g/mol. The highest BCUT2D eigenvalue weighted by Crippen LogP contribution is 2.44. The van der Waals surface area contributed by atoms with Crippen molar-refractivity contribution in [3.63, 3.8) is 0 Å². The number of rotatable bonds is 4. The molecule has 1 atom stereocenters. The zero-order chi connectivity index (χ0) is 13.8. The van der Waals surface area contributed by atoms with E-state index in [1.165, 1.54) is 90.4 Å². The summed E-state index contributed by atoms with van der Waals surface area (Å²) in [6.07, 6.45) is 14.6. The van der Waals surface area contributed by atoms with Crippen LogP contribution in [-0.4, -0.2) is 37.1 Å². The van der Waals surface area contributed by atoms with E-state index >= 15 is 0 Å². The van der Waals surface area contributed by atoms with Crippen molar-refractivity contribution in [2.75, 3.05) is 26.2 Å². The van der Waals surface area contributed by atoms with Crippen LogP contribution in [0.5, 0.6) is 0 Å². The molecule has 1 saturated heterocycles. The molecule has 2 nitrogen and oxygen atoms in total. The summed E-state index contributed by atoms with van der Waals surface area (Å²) < 4.78 is 0. The summed E-state index contributed by atoms with van der Waals surface area (Å²) in [5.74, 6) is 0.961. The van der Waals surface area contributed by atoms with Crippen molar-refractivity contribution in [2.24, 2.45) is 11.3 Å². The maximum absolute atomic E-state index is 3.88. The minimum absolute atomic E-state index is 0.696. The van der Waals surface area contributed by atoms with Crippen molar-refractivity contribution in [3.8, 4) is 0 Å². The molecule has 1 aliphatic heterocycles. The first-order valence-corrected chi connectivity index (χ1v) is 9.27. The van der Waals surface area contributed by atoms with Gasteiger partial charge in [0.15, 0.2) is 0 Å². The Hall–Kier alpha value is -0.0800. The molecule has 0 aromatic heterocycles. The zero-order valence-electron chi connectivity index (χ0n) is 13.5. The summed E-state index contributed by atoms with van der Waals surface area (Å²) in [5, 5.41) is 3.88. The quantitative estimate of drug-likeness (QED) is 0.841. The Bertz CT molecular complexity index is 286. The second kappa shape index (κ2) is 6.79. The fraction of sp³-hybridized carbons (Fsp3) is 1.00. The molecule has 0 spiro atoms. The van der Waals surface area contributed by atoms with Crippen LogP contribution >= 0.6 is 0 Å². The van der Waals surface area contributed by atoms with Gasteiger partial charge in [-0.3, -0.25) is 0 Å². The van der Waals surface area contributed by atoms with Crippen LogP contribution in [-0.2, 0) is 0 Å². The van der Waals surface area contributed by atoms with Crippen LogP contribution in [0.25, 0.3) is 0 Å². The lowest BCUT2D eigenvalue weighted by Crippen LogP contribution is -2.48. The Morgan fingerprint density at radius 2 is 1.85 bits per heavy atom. The van der Waals surface area contributed by atoms with E-state index in [0.29, 0.717) is 5.41 Å². The third-order valence-electron chi connectivity index (χ3n) is 6.45. The van der Waals surface area contributed by atoms with Gasteiger partial charge >= 0.3 is 0 Å². The molecule has 2 saturated carbocycles. The lowest BCUT2D eigenvalue weighted by molar-refractivity contribution is 0.0570. The molecule has 116 valence electrons. The summed E-state index contributed by atoms with van der Waals surface area (Å²) >= 11 is 0. The smallest absolute Gasteiger partial charge is 0.0223 e. The summed E-state index contributed by atoms with van der Waals surface area (Å²) in [4.78, 5) is 2.82. The summed E-state index contributed by atoms with van der Waals surface area (Å²) in [7, 11) is 0. The predicted octanol–water partition coefficient (Wildman–Crippen LogP) is 3.81. The van der Waals surface area contributed by atoms with Crippen LogP contribution < -0.4 is 5.32 Å². The van der Waals surface area contributed by atoms with Crippen LogP contribution in [0.3, 0.4) is 0 Å². The highest BCUT2D eigenvalue weighted by atomic mass is 15.2. The lowest BCUT2D eigenvalue weighted by atomic mass is 9.66. The van der Waals surface area contributed by atoms with Gasteiger partial charge in [0.2, 0.25) is 0 Å². The highest BCUT2D eigenvalue weighted by Gasteiger charge is 2.37. The summed E-state index contributed by atoms with van der Waals surface area (Å²) in [5.41, 5.74) is 0.696. The second-order valence-corrected chi connectivity index (χ2v) is 7.75. The van der Waals surface area contributed by atoms with Gasteiger partial charge in [-0.25, -0.2) is 0 Å². The molecular formula is C18H34N2. The van der Waals surface area contributed by atoms with Crippen LogP contribution in [0, 0.1) is 11.3 Å². The number of nitrogens with zero attached hydrogens (tertiary/aromatic N) is 1. The van der Waals surface area contributed by atoms with E-state index < -0.39 is 0 Å². The van der Waals surface area contributed by atoms with Gasteiger partial charge in [0.05, 0.1) is 0 Å². The SMILES string of the molecule is CCC1(CN2CCCNC(C3CCCCC3)C2)CCC1. The molecule has 0 amide bonds. The number of nitrogens with one attached hydrogen (secondary N) is 1. The van der Waals surface area contributed by atoms with Crippen molar-refractivity contribution in [2.45, 2.75) is 77.2 Å². The fourth-order valence-corrected chi connectivity index (χ4v) is 4.79. The molecule has 0 aromatic rings. The molecule has 1 unspecified atom stereocenters. The molecule has 1 heterocycles. The van der Waals surface area contributed by atoms with E-state index in [1.807, 2.05) is 0 Å². The van der Waals surface area contributed by atoms with Gasteiger partial charge in [-0.05, 0) is 62.9 Å². The molecule has 1 N–H and O–H groups in total. The largest absolute Gasteiger partial charge is 0.312 e. The van der Waals surface area contributed by atoms with Gasteiger partial charge in [-0.15, -0.1) is 0 Å². The summed E-state index contributed by atoms with van der Waals surface area (Å²) in [6, 6.07) is 0.784. The Morgan fingerprint density at radius 1 is 1.05 bits per heavy atom. The summed E-state index contributed by atoms with van der Waals surface area (Å²) in [6.45, 7) is 7.70. The van der Waals surface area contributed by atoms with Crippen LogP contribution in [0.4, 0.5) is 0 Å². The van der Waals surface area contributed by atoms with E-state index in [9.17, 15) is 0 Å². The molecule has 0 aromatic carbocycles. The standard InChI is InChI=1S/C18H34N2/c1-2-18(10-6-11-18)15-20-13-7-12-19-17(14-20)16-8-4-3-5-9-16/h16-17,19H,2-15H2,1H3. The fourth-order valence-electron chi connectivity index (χ4n) is 4.79. The maximum atomic E-state index is 3.88. The Balaban J connectivity index is 1.57. The molecule has 2 aliphatic carbocycles. The molecule has 0 bridgehead atoms. The topological polar surface area (TPSA) is 15.3 Å². The third-order valence-corrected chi connectivity index (χ3v) is 6.45. The van der Waals surface area contributed by atoms with Crippen LogP contribution in [0.15, 0.2) is 0 Å². The molecular weight excluding hydrogens is 244 g/mol. The van der Waals surface area contributed by atoms with E-state index in [1.54, 1.807) is 0 Å². The van der Waals surface area contributed by atoms with E-state index in [4.69, 9.17) is 0 Å². The monoisotopic (exact) mass is 278 g/mol. The number of hydrogen-bond donors (Lipinski definition) is 1. The molecule has 2 heteroatoms. The van der Waals surface area contributed by atoms with Gasteiger partial charge in [-0.2, -0.15) is 0 Å². The van der Waals surface area contributed by atoms with E-state index in [2.05, 4.69) is 17.1 Å². The second-order valence-electron chi connectivity index (χ2n) is 7.75. The van der Waals surface area contributed by atoms with Gasteiger partial charge in [0, 0.05) is 19.1 Å². The lowest BCUT2D eigenvalue weighted by Gasteiger charge is -2.45. The van der Waals surface area contributed by atoms with E-state index in [0.717, 1.165) is 12.0 Å². The van der Waals surface area contributed by atoms with Crippen LogP contribution in [0.1, 0.15) is 71.1 Å². The maximum Gasteiger partial charge on any atom is 0.0223 e. The van der Waals surface area contributed by atoms with Crippen molar-refractivity contribution in [1.82, 2.24) is 10.2 Å². The highest BCUT2D eigenvalue weighted by molar-refractivity contribution is 4.92. The van der Waals surface area contributed by atoms with Crippen LogP contribution in [0.2, 0.25) is 0 Å². The number of hydrogen-bond acceptors (Lipinski definition) is 2. The van der Waals surface area contributed by atoms with Crippen molar-refractivity contribution >= 4 is 0 Å². The molecule has 3 fully saturated rings. The minimum Gasteiger partial charge on any atom is -0.312 e. The third kappa shape index (κ3) is 3.39. The Morgan fingerprint density at radius 3 is 2.50 bits per heavy atom. The minimum atomic E-state index is 0.696. The molecule has 3 aliphatic rings. The van der Waals surface area contributed by atoms with Gasteiger partial charge in [-0.1, -0.05) is 32.6 Å². The van der Waals surface area contributed by atoms with Gasteiger partial charge in [0.1, 0.15) is 0 Å². The van der Waals surface area contributed by atoms with Crippen molar-refractivity contribution < 1.29 is 0 Å². The zero-order valence-corrected chi connectivity index (χ0v) is 13.5. The molecule has 0 radical (unpaired) electrons. The first-order valence-electron chi connectivity index (χ1n) is 9.27. The van der Waals surface area contributed by atoms with Crippen molar-refractivity contribution in [3.05, 3.63) is 0 Å². The first-order chi connectivity index (χ1) is 9.81. The average Bonchev–Trinajstić information content (AvgIpc) is 2.69. The predicted molar refractivity (Wildman–Crippen MR) is 86.0 cm³/mol. The normalized spacial score (nSPS) is 32.5. The molecule has 20 heavy (non-hydrogen) atoms. The van der Waals surface area contributed by atoms with Gasteiger partial charge in [0.25, 0.3) is 0 Å².